The van der Waals surface area contributed by atoms with E-state index in [1.165, 1.54) is 12.1 Å². The molecule has 0 saturated carbocycles. The van der Waals surface area contributed by atoms with Gasteiger partial charge in [-0.2, -0.15) is 13.2 Å². The molecule has 2 aromatic rings. The van der Waals surface area contributed by atoms with E-state index in [4.69, 9.17) is 0 Å². The van der Waals surface area contributed by atoms with Crippen LogP contribution in [0.3, 0.4) is 0 Å². The molecular weight excluding hydrogens is 375 g/mol. The minimum absolute atomic E-state index is 0.0148. The molecule has 28 heavy (non-hydrogen) atoms. The molecule has 150 valence electrons. The minimum Gasteiger partial charge on any atom is -0.465 e. The summed E-state index contributed by atoms with van der Waals surface area (Å²) in [6, 6.07) is 6.44. The predicted molar refractivity (Wildman–Crippen MR) is 96.3 cm³/mol. The van der Waals surface area contributed by atoms with Gasteiger partial charge in [0.2, 0.25) is 0 Å². The second-order valence-corrected chi connectivity index (χ2v) is 6.56. The van der Waals surface area contributed by atoms with Crippen LogP contribution in [0.2, 0.25) is 0 Å². The van der Waals surface area contributed by atoms with E-state index in [1.54, 1.807) is 23.2 Å². The Balaban J connectivity index is 1.81. The number of H-pyrrole nitrogens is 1. The molecule has 1 amide bonds. The summed E-state index contributed by atoms with van der Waals surface area (Å²) >= 11 is 0. The number of aromatic nitrogens is 1. The van der Waals surface area contributed by atoms with Crippen molar-refractivity contribution in [2.75, 3.05) is 25.1 Å². The van der Waals surface area contributed by atoms with Crippen LogP contribution in [0.15, 0.2) is 36.5 Å². The lowest BCUT2D eigenvalue weighted by atomic mass is 10.0. The Hall–Kier alpha value is -2.97. The van der Waals surface area contributed by atoms with Crippen LogP contribution in [-0.2, 0) is 10.9 Å². The summed E-state index contributed by atoms with van der Waals surface area (Å²) in [5.41, 5.74) is -0.673. The number of alkyl halides is 3. The van der Waals surface area contributed by atoms with Gasteiger partial charge in [-0.25, -0.2) is 4.79 Å². The summed E-state index contributed by atoms with van der Waals surface area (Å²) < 4.78 is 45.3. The molecule has 3 rings (SSSR count). The maximum Gasteiger partial charge on any atom is 0.418 e. The fraction of sp³-hybridized carbons (Fsp3) is 0.368. The molecule has 0 spiro atoms. The number of nitrogens with one attached hydrogen (secondary N) is 2. The van der Waals surface area contributed by atoms with Gasteiger partial charge in [-0.1, -0.05) is 0 Å². The molecule has 2 N–H and O–H groups in total. The molecule has 1 aliphatic rings. The largest absolute Gasteiger partial charge is 0.465 e. The molecule has 0 bridgehead atoms. The average Bonchev–Trinajstić information content (AvgIpc) is 3.21. The average molecular weight is 395 g/mol. The number of hydrogen-bond acceptors (Lipinski definition) is 4. The summed E-state index contributed by atoms with van der Waals surface area (Å²) in [6.45, 7) is 0.669. The van der Waals surface area contributed by atoms with Crippen molar-refractivity contribution in [3.05, 3.63) is 53.3 Å². The van der Waals surface area contributed by atoms with Crippen molar-refractivity contribution in [1.29, 1.82) is 0 Å². The van der Waals surface area contributed by atoms with Gasteiger partial charge in [0, 0.05) is 31.0 Å². The van der Waals surface area contributed by atoms with E-state index in [2.05, 4.69) is 15.0 Å². The molecule has 6 nitrogen and oxygen atoms in total. The first-order valence-corrected chi connectivity index (χ1v) is 8.78. The summed E-state index contributed by atoms with van der Waals surface area (Å²) in [5.74, 6) is -1.12. The lowest BCUT2D eigenvalue weighted by Crippen LogP contribution is -2.48. The lowest BCUT2D eigenvalue weighted by Gasteiger charge is -2.36. The lowest BCUT2D eigenvalue weighted by molar-refractivity contribution is -0.137. The third-order valence-corrected chi connectivity index (χ3v) is 4.66. The van der Waals surface area contributed by atoms with E-state index >= 15 is 0 Å². The van der Waals surface area contributed by atoms with Gasteiger partial charge >= 0.3 is 12.1 Å². The second-order valence-electron chi connectivity index (χ2n) is 6.56. The van der Waals surface area contributed by atoms with Gasteiger partial charge < -0.3 is 19.9 Å². The zero-order chi connectivity index (χ0) is 20.3. The third-order valence-electron chi connectivity index (χ3n) is 4.66. The van der Waals surface area contributed by atoms with Crippen molar-refractivity contribution < 1.29 is 27.5 Å². The van der Waals surface area contributed by atoms with Gasteiger partial charge in [0.1, 0.15) is 5.69 Å². The third kappa shape index (κ3) is 4.29. The molecule has 1 atom stereocenters. The van der Waals surface area contributed by atoms with Gasteiger partial charge in [0.15, 0.2) is 0 Å². The zero-order valence-electron chi connectivity index (χ0n) is 15.2. The first-order valence-electron chi connectivity index (χ1n) is 8.78. The van der Waals surface area contributed by atoms with Crippen molar-refractivity contribution in [2.45, 2.75) is 25.1 Å². The number of rotatable bonds is 4. The number of aromatic amines is 1. The Labute approximate surface area is 159 Å². The molecule has 1 fully saturated rings. The number of methoxy groups -OCH3 is 1. The molecule has 1 unspecified atom stereocenters. The van der Waals surface area contributed by atoms with E-state index in [0.29, 0.717) is 25.1 Å². The van der Waals surface area contributed by atoms with E-state index in [-0.39, 0.29) is 29.7 Å². The van der Waals surface area contributed by atoms with Gasteiger partial charge in [-0.15, -0.1) is 0 Å². The van der Waals surface area contributed by atoms with E-state index in [0.717, 1.165) is 13.2 Å². The maximum absolute atomic E-state index is 13.6. The Kier molecular flexibility index (Phi) is 5.62. The number of hydrogen-bond donors (Lipinski definition) is 2. The van der Waals surface area contributed by atoms with E-state index in [1.807, 2.05) is 0 Å². The summed E-state index contributed by atoms with van der Waals surface area (Å²) in [4.78, 5) is 28.2. The number of amides is 1. The molecule has 1 saturated heterocycles. The molecule has 1 aromatic heterocycles. The van der Waals surface area contributed by atoms with Gasteiger partial charge in [0.25, 0.3) is 5.91 Å². The Morgan fingerprint density at radius 2 is 2.07 bits per heavy atom. The first-order chi connectivity index (χ1) is 13.3. The SMILES string of the molecule is COC(=O)c1ccc(N2CCCC(NC(=O)c3ccc[nH]3)C2)c(C(F)(F)F)c1. The second kappa shape index (κ2) is 7.95. The zero-order valence-corrected chi connectivity index (χ0v) is 15.2. The van der Waals surface area contributed by atoms with Gasteiger partial charge in [-0.05, 0) is 43.2 Å². The highest BCUT2D eigenvalue weighted by Gasteiger charge is 2.37. The molecule has 0 radical (unpaired) electrons. The minimum atomic E-state index is -4.63. The molecule has 9 heteroatoms. The maximum atomic E-state index is 13.6. The van der Waals surface area contributed by atoms with Crippen LogP contribution in [0.25, 0.3) is 0 Å². The Bertz CT molecular complexity index is 850. The van der Waals surface area contributed by atoms with Crippen LogP contribution < -0.4 is 10.2 Å². The van der Waals surface area contributed by atoms with Crippen molar-refractivity contribution in [3.8, 4) is 0 Å². The quantitative estimate of drug-likeness (QED) is 0.780. The predicted octanol–water partition coefficient (Wildman–Crippen LogP) is 3.22. The van der Waals surface area contributed by atoms with Crippen molar-refractivity contribution in [2.24, 2.45) is 0 Å². The van der Waals surface area contributed by atoms with Gasteiger partial charge in [-0.3, -0.25) is 4.79 Å². The molecule has 1 aromatic carbocycles. The number of esters is 1. The Morgan fingerprint density at radius 1 is 1.29 bits per heavy atom. The highest BCUT2D eigenvalue weighted by atomic mass is 19.4. The van der Waals surface area contributed by atoms with E-state index < -0.39 is 17.7 Å². The topological polar surface area (TPSA) is 74.4 Å². The van der Waals surface area contributed by atoms with Crippen LogP contribution >= 0.6 is 0 Å². The summed E-state index contributed by atoms with van der Waals surface area (Å²) in [5, 5.41) is 2.85. The Morgan fingerprint density at radius 3 is 2.71 bits per heavy atom. The number of piperidine rings is 1. The van der Waals surface area contributed by atoms with Crippen LogP contribution in [0.5, 0.6) is 0 Å². The normalized spacial score (nSPS) is 17.3. The van der Waals surface area contributed by atoms with Crippen LogP contribution in [0.1, 0.15) is 39.3 Å². The number of nitrogens with zero attached hydrogens (tertiary/aromatic N) is 1. The van der Waals surface area contributed by atoms with Crippen LogP contribution in [0.4, 0.5) is 18.9 Å². The first kappa shape index (κ1) is 19.8. The number of carbonyl (C=O) groups excluding carboxylic acids is 2. The highest BCUT2D eigenvalue weighted by Crippen LogP contribution is 2.38. The summed E-state index contributed by atoms with van der Waals surface area (Å²) in [7, 11) is 1.12. The van der Waals surface area contributed by atoms with Gasteiger partial charge in [0.05, 0.1) is 18.2 Å². The smallest absolute Gasteiger partial charge is 0.418 e. The molecule has 2 heterocycles. The number of anilines is 1. The van der Waals surface area contributed by atoms with Crippen molar-refractivity contribution in [3.63, 3.8) is 0 Å². The van der Waals surface area contributed by atoms with Crippen LogP contribution in [0, 0.1) is 0 Å². The van der Waals surface area contributed by atoms with Crippen molar-refractivity contribution >= 4 is 17.6 Å². The number of halogens is 3. The molecular formula is C19H20F3N3O3. The fourth-order valence-electron chi connectivity index (χ4n) is 3.33. The van der Waals surface area contributed by atoms with Crippen molar-refractivity contribution in [1.82, 2.24) is 10.3 Å². The molecule has 0 aliphatic carbocycles. The van der Waals surface area contributed by atoms with Crippen LogP contribution in [-0.4, -0.2) is 43.1 Å². The fourth-order valence-corrected chi connectivity index (χ4v) is 3.33. The number of carbonyl (C=O) groups is 2. The molecule has 1 aliphatic heterocycles. The monoisotopic (exact) mass is 395 g/mol. The number of ether oxygens (including phenoxy) is 1. The highest BCUT2D eigenvalue weighted by molar-refractivity contribution is 5.92. The number of benzene rings is 1. The van der Waals surface area contributed by atoms with E-state index in [9.17, 15) is 22.8 Å². The standard InChI is InChI=1S/C19H20F3N3O3/c1-28-18(27)12-6-7-16(14(10-12)19(20,21)22)25-9-3-4-13(11-25)24-17(26)15-5-2-8-23-15/h2,5-8,10,13,23H,3-4,9,11H2,1H3,(H,24,26). The summed E-state index contributed by atoms with van der Waals surface area (Å²) in [6.07, 6.45) is -1.70.